The van der Waals surface area contributed by atoms with Crippen LogP contribution in [0.4, 0.5) is 0 Å². The molecule has 82 valence electrons. The highest BCUT2D eigenvalue weighted by molar-refractivity contribution is 6.19. The fourth-order valence-electron chi connectivity index (χ4n) is 2.00. The zero-order valence-corrected chi connectivity index (χ0v) is 10.2. The minimum atomic E-state index is 0.578. The van der Waals surface area contributed by atoms with E-state index < -0.39 is 0 Å². The normalized spacial score (nSPS) is 30.6. The SMILES string of the molecule is C=C(CCl)CN1C[C@@H](C)N(C)[C@@H](C)C1. The number of likely N-dealkylation sites (N-methyl/N-ethyl adjacent to an activating group) is 1. The Bertz CT molecular complexity index is 193. The summed E-state index contributed by atoms with van der Waals surface area (Å²) in [5, 5.41) is 0. The van der Waals surface area contributed by atoms with Crippen molar-refractivity contribution >= 4 is 11.6 Å². The molecule has 2 atom stereocenters. The molecule has 1 saturated heterocycles. The van der Waals surface area contributed by atoms with Gasteiger partial charge >= 0.3 is 0 Å². The van der Waals surface area contributed by atoms with E-state index in [2.05, 4.69) is 37.3 Å². The zero-order valence-electron chi connectivity index (χ0n) is 9.46. The molecule has 1 heterocycles. The lowest BCUT2D eigenvalue weighted by Gasteiger charge is -2.42. The first-order chi connectivity index (χ1) is 6.54. The van der Waals surface area contributed by atoms with Crippen LogP contribution in [0.25, 0.3) is 0 Å². The molecule has 0 aromatic carbocycles. The number of hydrogen-bond donors (Lipinski definition) is 0. The van der Waals surface area contributed by atoms with Crippen LogP contribution in [0, 0.1) is 0 Å². The molecule has 0 aliphatic carbocycles. The lowest BCUT2D eigenvalue weighted by atomic mass is 10.1. The van der Waals surface area contributed by atoms with E-state index >= 15 is 0 Å². The van der Waals surface area contributed by atoms with E-state index in [0.29, 0.717) is 18.0 Å². The summed E-state index contributed by atoms with van der Waals surface area (Å²) in [5.41, 5.74) is 1.12. The third kappa shape index (κ3) is 2.97. The summed E-state index contributed by atoms with van der Waals surface area (Å²) in [5.74, 6) is 0.578. The first-order valence-corrected chi connectivity index (χ1v) is 5.75. The van der Waals surface area contributed by atoms with Crippen LogP contribution in [0.3, 0.4) is 0 Å². The van der Waals surface area contributed by atoms with Crippen molar-refractivity contribution in [3.8, 4) is 0 Å². The molecule has 0 bridgehead atoms. The summed E-state index contributed by atoms with van der Waals surface area (Å²) in [6.07, 6.45) is 0. The molecule has 0 radical (unpaired) electrons. The summed E-state index contributed by atoms with van der Waals surface area (Å²) in [7, 11) is 2.20. The monoisotopic (exact) mass is 216 g/mol. The van der Waals surface area contributed by atoms with Gasteiger partial charge in [0.15, 0.2) is 0 Å². The molecule has 0 unspecified atom stereocenters. The van der Waals surface area contributed by atoms with Crippen molar-refractivity contribution in [1.82, 2.24) is 9.80 Å². The van der Waals surface area contributed by atoms with Crippen molar-refractivity contribution in [3.63, 3.8) is 0 Å². The van der Waals surface area contributed by atoms with E-state index in [4.69, 9.17) is 11.6 Å². The summed E-state index contributed by atoms with van der Waals surface area (Å²) in [4.78, 5) is 4.88. The molecule has 1 rings (SSSR count). The van der Waals surface area contributed by atoms with E-state index in [9.17, 15) is 0 Å². The second-order valence-corrected chi connectivity index (χ2v) is 4.71. The number of hydrogen-bond acceptors (Lipinski definition) is 2. The van der Waals surface area contributed by atoms with Crippen molar-refractivity contribution in [2.45, 2.75) is 25.9 Å². The van der Waals surface area contributed by atoms with Gasteiger partial charge in [-0.25, -0.2) is 0 Å². The number of rotatable bonds is 3. The lowest BCUT2D eigenvalue weighted by molar-refractivity contribution is 0.0659. The van der Waals surface area contributed by atoms with Crippen molar-refractivity contribution < 1.29 is 0 Å². The minimum Gasteiger partial charge on any atom is -0.298 e. The number of alkyl halides is 1. The average Bonchev–Trinajstić information content (AvgIpc) is 2.14. The van der Waals surface area contributed by atoms with Crippen molar-refractivity contribution in [2.75, 3.05) is 32.6 Å². The molecule has 0 N–H and O–H groups in total. The van der Waals surface area contributed by atoms with E-state index in [1.165, 1.54) is 0 Å². The Kier molecular flexibility index (Phi) is 4.42. The highest BCUT2D eigenvalue weighted by atomic mass is 35.5. The third-order valence-corrected chi connectivity index (χ3v) is 3.45. The maximum Gasteiger partial charge on any atom is 0.0443 e. The maximum atomic E-state index is 5.74. The predicted octanol–water partition coefficient (Wildman–Crippen LogP) is 1.81. The maximum absolute atomic E-state index is 5.74. The quantitative estimate of drug-likeness (QED) is 0.525. The molecule has 0 aromatic heterocycles. The van der Waals surface area contributed by atoms with E-state index in [1.807, 2.05) is 0 Å². The Morgan fingerprint density at radius 2 is 1.86 bits per heavy atom. The van der Waals surface area contributed by atoms with Crippen LogP contribution < -0.4 is 0 Å². The van der Waals surface area contributed by atoms with Crippen molar-refractivity contribution in [2.24, 2.45) is 0 Å². The van der Waals surface area contributed by atoms with E-state index in [-0.39, 0.29) is 0 Å². The molecular weight excluding hydrogens is 196 g/mol. The Morgan fingerprint density at radius 1 is 1.36 bits per heavy atom. The number of nitrogens with zero attached hydrogens (tertiary/aromatic N) is 2. The molecule has 0 amide bonds. The van der Waals surface area contributed by atoms with Crippen LogP contribution >= 0.6 is 11.6 Å². The first kappa shape index (κ1) is 12.0. The summed E-state index contributed by atoms with van der Waals surface area (Å²) in [6.45, 7) is 11.7. The summed E-state index contributed by atoms with van der Waals surface area (Å²) in [6, 6.07) is 1.25. The van der Waals surface area contributed by atoms with Gasteiger partial charge in [0.1, 0.15) is 0 Å². The fraction of sp³-hybridized carbons (Fsp3) is 0.818. The van der Waals surface area contributed by atoms with Gasteiger partial charge in [-0.2, -0.15) is 0 Å². The van der Waals surface area contributed by atoms with Crippen LogP contribution in [-0.2, 0) is 0 Å². The number of piperazine rings is 1. The third-order valence-electron chi connectivity index (χ3n) is 3.07. The van der Waals surface area contributed by atoms with E-state index in [0.717, 1.165) is 25.2 Å². The highest BCUT2D eigenvalue weighted by Crippen LogP contribution is 2.14. The smallest absolute Gasteiger partial charge is 0.0443 e. The van der Waals surface area contributed by atoms with Crippen LogP contribution in [-0.4, -0.2) is 54.4 Å². The molecule has 1 aliphatic rings. The minimum absolute atomic E-state index is 0.578. The zero-order chi connectivity index (χ0) is 10.7. The molecule has 1 fully saturated rings. The molecule has 0 spiro atoms. The largest absolute Gasteiger partial charge is 0.298 e. The van der Waals surface area contributed by atoms with Crippen LogP contribution in [0.15, 0.2) is 12.2 Å². The van der Waals surface area contributed by atoms with Gasteiger partial charge in [-0.15, -0.1) is 11.6 Å². The van der Waals surface area contributed by atoms with Crippen LogP contribution in [0.2, 0.25) is 0 Å². The Labute approximate surface area is 92.5 Å². The van der Waals surface area contributed by atoms with Gasteiger partial charge in [-0.1, -0.05) is 6.58 Å². The second-order valence-electron chi connectivity index (χ2n) is 4.44. The first-order valence-electron chi connectivity index (χ1n) is 5.21. The van der Waals surface area contributed by atoms with Gasteiger partial charge in [-0.3, -0.25) is 9.80 Å². The van der Waals surface area contributed by atoms with Gasteiger partial charge in [0.05, 0.1) is 0 Å². The Morgan fingerprint density at radius 3 is 2.29 bits per heavy atom. The van der Waals surface area contributed by atoms with Crippen molar-refractivity contribution in [1.29, 1.82) is 0 Å². The topological polar surface area (TPSA) is 6.48 Å². The highest BCUT2D eigenvalue weighted by Gasteiger charge is 2.26. The van der Waals surface area contributed by atoms with E-state index in [1.54, 1.807) is 0 Å². The standard InChI is InChI=1S/C11H21ClN2/c1-9(5-12)6-14-7-10(2)13(4)11(3)8-14/h10-11H,1,5-8H2,2-4H3/t10-,11+. The average molecular weight is 217 g/mol. The Hall–Kier alpha value is -0.0500. The number of halogens is 1. The summed E-state index contributed by atoms with van der Waals surface area (Å²) >= 11 is 5.74. The second kappa shape index (κ2) is 5.15. The van der Waals surface area contributed by atoms with Crippen molar-refractivity contribution in [3.05, 3.63) is 12.2 Å². The van der Waals surface area contributed by atoms with Crippen LogP contribution in [0.1, 0.15) is 13.8 Å². The molecular formula is C11H21ClN2. The summed E-state index contributed by atoms with van der Waals surface area (Å²) < 4.78 is 0. The molecule has 1 aliphatic heterocycles. The molecule has 0 saturated carbocycles. The van der Waals surface area contributed by atoms with Crippen LogP contribution in [0.5, 0.6) is 0 Å². The predicted molar refractivity (Wildman–Crippen MR) is 63.0 cm³/mol. The fourth-order valence-corrected chi connectivity index (χ4v) is 2.09. The lowest BCUT2D eigenvalue weighted by Crippen LogP contribution is -2.55. The van der Waals surface area contributed by atoms with Gasteiger partial charge < -0.3 is 0 Å². The van der Waals surface area contributed by atoms with Gasteiger partial charge in [0.25, 0.3) is 0 Å². The van der Waals surface area contributed by atoms with Gasteiger partial charge in [-0.05, 0) is 26.5 Å². The Balaban J connectivity index is 2.45. The molecule has 0 aromatic rings. The van der Waals surface area contributed by atoms with Gasteiger partial charge in [0.2, 0.25) is 0 Å². The molecule has 3 heteroatoms. The van der Waals surface area contributed by atoms with Gasteiger partial charge in [0, 0.05) is 37.6 Å². The molecule has 2 nitrogen and oxygen atoms in total. The molecule has 14 heavy (non-hydrogen) atoms.